The quantitative estimate of drug-likeness (QED) is 0.574. The van der Waals surface area contributed by atoms with Crippen LogP contribution in [0.2, 0.25) is 0 Å². The predicted octanol–water partition coefficient (Wildman–Crippen LogP) is 3.37. The number of hydrogen-bond acceptors (Lipinski definition) is 2. The molecule has 17 heavy (non-hydrogen) atoms. The molecular formula is C15H20O2. The second-order valence-corrected chi connectivity index (χ2v) is 4.24. The van der Waals surface area contributed by atoms with Gasteiger partial charge in [-0.3, -0.25) is 0 Å². The molecule has 0 spiro atoms. The summed E-state index contributed by atoms with van der Waals surface area (Å²) in [5, 5.41) is 0. The minimum absolute atomic E-state index is 0.215. The summed E-state index contributed by atoms with van der Waals surface area (Å²) in [6.45, 7) is 6.16. The van der Waals surface area contributed by atoms with Crippen LogP contribution in [0, 0.1) is 5.92 Å². The zero-order valence-corrected chi connectivity index (χ0v) is 10.8. The lowest BCUT2D eigenvalue weighted by atomic mass is 9.99. The highest BCUT2D eigenvalue weighted by Gasteiger charge is 2.07. The van der Waals surface area contributed by atoms with E-state index in [1.54, 1.807) is 6.92 Å². The topological polar surface area (TPSA) is 26.3 Å². The molecule has 0 heterocycles. The summed E-state index contributed by atoms with van der Waals surface area (Å²) in [5.74, 6) is 0.120. The average Bonchev–Trinajstić information content (AvgIpc) is 2.30. The second-order valence-electron chi connectivity index (χ2n) is 4.24. The van der Waals surface area contributed by atoms with Crippen molar-refractivity contribution in [2.45, 2.75) is 27.2 Å². The first kappa shape index (κ1) is 13.5. The van der Waals surface area contributed by atoms with E-state index in [2.05, 4.69) is 19.1 Å². The van der Waals surface area contributed by atoms with E-state index in [0.717, 1.165) is 6.42 Å². The van der Waals surface area contributed by atoms with Crippen molar-refractivity contribution in [2.24, 2.45) is 5.92 Å². The van der Waals surface area contributed by atoms with E-state index < -0.39 is 0 Å². The van der Waals surface area contributed by atoms with Gasteiger partial charge in [0.2, 0.25) is 0 Å². The molecule has 0 aliphatic carbocycles. The summed E-state index contributed by atoms with van der Waals surface area (Å²) >= 11 is 0. The van der Waals surface area contributed by atoms with E-state index in [4.69, 9.17) is 4.74 Å². The van der Waals surface area contributed by atoms with Crippen LogP contribution in [0.15, 0.2) is 42.0 Å². The predicted molar refractivity (Wildman–Crippen MR) is 69.7 cm³/mol. The van der Waals surface area contributed by atoms with Crippen LogP contribution >= 0.6 is 0 Å². The molecule has 0 radical (unpaired) electrons. The molecule has 1 atom stereocenters. The van der Waals surface area contributed by atoms with Gasteiger partial charge in [-0.1, -0.05) is 43.3 Å². The van der Waals surface area contributed by atoms with E-state index in [1.807, 2.05) is 31.2 Å². The number of carbonyl (C=O) groups is 1. The fourth-order valence-electron chi connectivity index (χ4n) is 1.78. The molecule has 0 fully saturated rings. The number of ether oxygens (including phenoxy) is 1. The van der Waals surface area contributed by atoms with Gasteiger partial charge in [0.1, 0.15) is 0 Å². The molecule has 1 aromatic rings. The van der Waals surface area contributed by atoms with Gasteiger partial charge in [-0.05, 0) is 31.7 Å². The Labute approximate surface area is 103 Å². The number of esters is 1. The largest absolute Gasteiger partial charge is 0.463 e. The molecule has 0 N–H and O–H groups in total. The highest BCUT2D eigenvalue weighted by atomic mass is 16.5. The molecule has 0 aliphatic rings. The van der Waals surface area contributed by atoms with E-state index in [1.165, 1.54) is 5.56 Å². The van der Waals surface area contributed by atoms with Gasteiger partial charge in [0.25, 0.3) is 0 Å². The normalized spacial score (nSPS) is 13.2. The van der Waals surface area contributed by atoms with E-state index in [-0.39, 0.29) is 5.97 Å². The van der Waals surface area contributed by atoms with Crippen LogP contribution in [0.25, 0.3) is 0 Å². The monoisotopic (exact) mass is 232 g/mol. The van der Waals surface area contributed by atoms with Crippen LogP contribution in [0.3, 0.4) is 0 Å². The summed E-state index contributed by atoms with van der Waals surface area (Å²) in [5.41, 5.74) is 1.98. The summed E-state index contributed by atoms with van der Waals surface area (Å²) in [7, 11) is 0. The third-order valence-electron chi connectivity index (χ3n) is 2.53. The van der Waals surface area contributed by atoms with Crippen LogP contribution in [0.1, 0.15) is 26.3 Å². The molecule has 0 saturated carbocycles. The first-order valence-corrected chi connectivity index (χ1v) is 6.03. The standard InChI is InChI=1S/C15H20O2/c1-4-17-15(16)13(3)10-12(2)11-14-8-6-5-7-9-14/h5-10,12H,4,11H2,1-3H3/b13-10+/t12-/m0/s1. The van der Waals surface area contributed by atoms with E-state index in [0.29, 0.717) is 18.1 Å². The highest BCUT2D eigenvalue weighted by molar-refractivity contribution is 5.87. The molecule has 0 aliphatic heterocycles. The van der Waals surface area contributed by atoms with Crippen molar-refractivity contribution in [3.8, 4) is 0 Å². The SMILES string of the molecule is CCOC(=O)/C(C)=C/[C@H](C)Cc1ccccc1. The van der Waals surface area contributed by atoms with Gasteiger partial charge in [0.15, 0.2) is 0 Å². The number of carbonyl (C=O) groups excluding carboxylic acids is 1. The molecule has 1 aromatic carbocycles. The first-order valence-electron chi connectivity index (χ1n) is 6.03. The summed E-state index contributed by atoms with van der Waals surface area (Å²) < 4.78 is 4.95. The molecule has 92 valence electrons. The van der Waals surface area contributed by atoms with Gasteiger partial charge in [-0.15, -0.1) is 0 Å². The van der Waals surface area contributed by atoms with Gasteiger partial charge in [0, 0.05) is 5.57 Å². The Bertz CT molecular complexity index is 379. The van der Waals surface area contributed by atoms with Gasteiger partial charge < -0.3 is 4.74 Å². The van der Waals surface area contributed by atoms with Gasteiger partial charge in [-0.2, -0.15) is 0 Å². The van der Waals surface area contributed by atoms with Crippen molar-refractivity contribution in [1.29, 1.82) is 0 Å². The van der Waals surface area contributed by atoms with E-state index in [9.17, 15) is 4.79 Å². The van der Waals surface area contributed by atoms with Crippen molar-refractivity contribution < 1.29 is 9.53 Å². The molecule has 1 rings (SSSR count). The van der Waals surface area contributed by atoms with Gasteiger partial charge in [0.05, 0.1) is 6.61 Å². The minimum atomic E-state index is -0.215. The summed E-state index contributed by atoms with van der Waals surface area (Å²) in [6, 6.07) is 10.3. The van der Waals surface area contributed by atoms with Crippen molar-refractivity contribution in [2.75, 3.05) is 6.61 Å². The second kappa shape index (κ2) is 6.89. The molecule has 0 unspecified atom stereocenters. The Hall–Kier alpha value is -1.57. The lowest BCUT2D eigenvalue weighted by molar-refractivity contribution is -0.138. The Balaban J connectivity index is 2.56. The highest BCUT2D eigenvalue weighted by Crippen LogP contribution is 2.12. The Morgan fingerprint density at radius 2 is 2.00 bits per heavy atom. The fraction of sp³-hybridized carbons (Fsp3) is 0.400. The van der Waals surface area contributed by atoms with Crippen molar-refractivity contribution in [1.82, 2.24) is 0 Å². The molecular weight excluding hydrogens is 212 g/mol. The average molecular weight is 232 g/mol. The van der Waals surface area contributed by atoms with Crippen molar-refractivity contribution in [3.05, 3.63) is 47.5 Å². The minimum Gasteiger partial charge on any atom is -0.463 e. The number of rotatable bonds is 5. The number of allylic oxidation sites excluding steroid dienone is 1. The van der Waals surface area contributed by atoms with Crippen LogP contribution in [0.5, 0.6) is 0 Å². The van der Waals surface area contributed by atoms with Gasteiger partial charge in [-0.25, -0.2) is 4.79 Å². The molecule has 0 saturated heterocycles. The Morgan fingerprint density at radius 1 is 1.35 bits per heavy atom. The zero-order valence-electron chi connectivity index (χ0n) is 10.8. The van der Waals surface area contributed by atoms with Gasteiger partial charge >= 0.3 is 5.97 Å². The van der Waals surface area contributed by atoms with Crippen LogP contribution < -0.4 is 0 Å². The smallest absolute Gasteiger partial charge is 0.333 e. The molecule has 0 amide bonds. The van der Waals surface area contributed by atoms with Crippen molar-refractivity contribution in [3.63, 3.8) is 0 Å². The first-order chi connectivity index (χ1) is 8.13. The maximum atomic E-state index is 11.4. The molecule has 0 bridgehead atoms. The maximum Gasteiger partial charge on any atom is 0.333 e. The van der Waals surface area contributed by atoms with E-state index >= 15 is 0 Å². The maximum absolute atomic E-state index is 11.4. The third-order valence-corrected chi connectivity index (χ3v) is 2.53. The molecule has 0 aromatic heterocycles. The number of benzene rings is 1. The lowest BCUT2D eigenvalue weighted by Gasteiger charge is -2.08. The summed E-state index contributed by atoms with van der Waals surface area (Å²) in [6.07, 6.45) is 2.92. The number of hydrogen-bond donors (Lipinski definition) is 0. The molecule has 2 heteroatoms. The lowest BCUT2D eigenvalue weighted by Crippen LogP contribution is -2.07. The van der Waals surface area contributed by atoms with Crippen LogP contribution in [-0.2, 0) is 16.0 Å². The fourth-order valence-corrected chi connectivity index (χ4v) is 1.78. The Morgan fingerprint density at radius 3 is 2.59 bits per heavy atom. The zero-order chi connectivity index (χ0) is 12.7. The third kappa shape index (κ3) is 4.85. The van der Waals surface area contributed by atoms with Crippen LogP contribution in [-0.4, -0.2) is 12.6 Å². The van der Waals surface area contributed by atoms with Crippen LogP contribution in [0.4, 0.5) is 0 Å². The molecule has 2 nitrogen and oxygen atoms in total. The Kier molecular flexibility index (Phi) is 5.47. The summed E-state index contributed by atoms with van der Waals surface area (Å²) in [4.78, 5) is 11.4. The van der Waals surface area contributed by atoms with Crippen molar-refractivity contribution >= 4 is 5.97 Å².